The first kappa shape index (κ1) is 20.2. The molecule has 0 spiro atoms. The predicted octanol–water partition coefficient (Wildman–Crippen LogP) is 3.54. The Bertz CT molecular complexity index is 982. The van der Waals surface area contributed by atoms with E-state index in [1.807, 2.05) is 65.0 Å². The zero-order valence-corrected chi connectivity index (χ0v) is 17.6. The largest absolute Gasteiger partial charge is 0.497 e. The van der Waals surface area contributed by atoms with E-state index in [-0.39, 0.29) is 5.91 Å². The molecule has 2 heterocycles. The topological polar surface area (TPSA) is 50.6 Å². The van der Waals surface area contributed by atoms with Gasteiger partial charge >= 0.3 is 0 Å². The van der Waals surface area contributed by atoms with Crippen LogP contribution in [-0.4, -0.2) is 58.8 Å². The van der Waals surface area contributed by atoms with Gasteiger partial charge in [-0.1, -0.05) is 30.3 Å². The lowest BCUT2D eigenvalue weighted by atomic mass is 10.2. The number of rotatable bonds is 5. The number of aryl methyl sites for hydroxylation is 1. The molecule has 3 aromatic rings. The van der Waals surface area contributed by atoms with E-state index in [1.54, 1.807) is 7.11 Å². The predicted molar refractivity (Wildman–Crippen MR) is 117 cm³/mol. The smallest absolute Gasteiger partial charge is 0.274 e. The highest BCUT2D eigenvalue weighted by molar-refractivity contribution is 5.92. The Morgan fingerprint density at radius 2 is 1.77 bits per heavy atom. The highest BCUT2D eigenvalue weighted by Crippen LogP contribution is 2.17. The van der Waals surface area contributed by atoms with E-state index < -0.39 is 0 Å². The summed E-state index contributed by atoms with van der Waals surface area (Å²) in [6, 6.07) is 20.0. The number of amides is 1. The van der Waals surface area contributed by atoms with Gasteiger partial charge in [0.05, 0.1) is 12.8 Å². The van der Waals surface area contributed by atoms with Crippen LogP contribution in [0.15, 0.2) is 60.7 Å². The molecule has 156 valence electrons. The highest BCUT2D eigenvalue weighted by Gasteiger charge is 2.23. The summed E-state index contributed by atoms with van der Waals surface area (Å²) in [6.07, 6.45) is 0.959. The number of carbonyl (C=O) groups is 1. The Kier molecular flexibility index (Phi) is 6.14. The maximum absolute atomic E-state index is 13.1. The summed E-state index contributed by atoms with van der Waals surface area (Å²) in [4.78, 5) is 17.4. The number of aromatic nitrogens is 2. The van der Waals surface area contributed by atoms with E-state index in [0.717, 1.165) is 49.7 Å². The second-order valence-electron chi connectivity index (χ2n) is 7.69. The second kappa shape index (κ2) is 9.13. The minimum absolute atomic E-state index is 0.0130. The summed E-state index contributed by atoms with van der Waals surface area (Å²) < 4.78 is 7.07. The van der Waals surface area contributed by atoms with E-state index in [4.69, 9.17) is 4.74 Å². The van der Waals surface area contributed by atoms with Crippen molar-refractivity contribution in [3.05, 3.63) is 77.6 Å². The van der Waals surface area contributed by atoms with Gasteiger partial charge in [-0.15, -0.1) is 0 Å². The number of nitrogens with zero attached hydrogens (tertiary/aromatic N) is 4. The van der Waals surface area contributed by atoms with E-state index >= 15 is 0 Å². The molecule has 0 radical (unpaired) electrons. The van der Waals surface area contributed by atoms with Crippen LogP contribution in [0.5, 0.6) is 5.75 Å². The molecular formula is C24H28N4O2. The van der Waals surface area contributed by atoms with Crippen LogP contribution in [-0.2, 0) is 6.54 Å². The number of para-hydroxylation sites is 1. The number of benzene rings is 2. The van der Waals surface area contributed by atoms with E-state index in [0.29, 0.717) is 12.2 Å². The molecule has 6 heteroatoms. The van der Waals surface area contributed by atoms with Crippen molar-refractivity contribution in [3.8, 4) is 11.4 Å². The molecule has 0 saturated carbocycles. The fourth-order valence-corrected chi connectivity index (χ4v) is 3.89. The number of methoxy groups -OCH3 is 1. The third kappa shape index (κ3) is 4.54. The Morgan fingerprint density at radius 1 is 1.00 bits per heavy atom. The molecule has 0 N–H and O–H groups in total. The van der Waals surface area contributed by atoms with Gasteiger partial charge in [0.15, 0.2) is 5.69 Å². The van der Waals surface area contributed by atoms with Crippen molar-refractivity contribution in [2.24, 2.45) is 0 Å². The molecule has 4 rings (SSSR count). The van der Waals surface area contributed by atoms with Gasteiger partial charge < -0.3 is 9.64 Å². The second-order valence-corrected chi connectivity index (χ2v) is 7.69. The molecular weight excluding hydrogens is 376 g/mol. The summed E-state index contributed by atoms with van der Waals surface area (Å²) in [6.45, 7) is 6.18. The van der Waals surface area contributed by atoms with Crippen molar-refractivity contribution in [2.45, 2.75) is 19.9 Å². The monoisotopic (exact) mass is 404 g/mol. The SMILES string of the molecule is COc1ccc(CN2CCCN(C(=O)c3cc(C)n(-c4ccccc4)n3)CC2)cc1. The van der Waals surface area contributed by atoms with Crippen LogP contribution in [0, 0.1) is 6.92 Å². The van der Waals surface area contributed by atoms with Gasteiger partial charge in [-0.05, 0) is 49.2 Å². The fourth-order valence-electron chi connectivity index (χ4n) is 3.89. The molecule has 0 bridgehead atoms. The number of hydrogen-bond acceptors (Lipinski definition) is 4. The minimum atomic E-state index is 0.0130. The van der Waals surface area contributed by atoms with Crippen molar-refractivity contribution in [2.75, 3.05) is 33.3 Å². The lowest BCUT2D eigenvalue weighted by molar-refractivity contribution is 0.0754. The molecule has 0 aliphatic carbocycles. The van der Waals surface area contributed by atoms with E-state index in [1.165, 1.54) is 5.56 Å². The summed E-state index contributed by atoms with van der Waals surface area (Å²) in [7, 11) is 1.68. The Balaban J connectivity index is 1.40. The molecule has 30 heavy (non-hydrogen) atoms. The van der Waals surface area contributed by atoms with Crippen LogP contribution in [0.25, 0.3) is 5.69 Å². The number of hydrogen-bond donors (Lipinski definition) is 0. The molecule has 1 fully saturated rings. The molecule has 1 aromatic heterocycles. The Morgan fingerprint density at radius 3 is 2.50 bits per heavy atom. The summed E-state index contributed by atoms with van der Waals surface area (Å²) in [5, 5.41) is 4.59. The number of ether oxygens (including phenoxy) is 1. The quantitative estimate of drug-likeness (QED) is 0.653. The molecule has 0 atom stereocenters. The van der Waals surface area contributed by atoms with E-state index in [9.17, 15) is 4.79 Å². The van der Waals surface area contributed by atoms with Crippen molar-refractivity contribution in [3.63, 3.8) is 0 Å². The third-order valence-electron chi connectivity index (χ3n) is 5.55. The zero-order chi connectivity index (χ0) is 20.9. The maximum atomic E-state index is 13.1. The van der Waals surface area contributed by atoms with Gasteiger partial charge in [0.1, 0.15) is 5.75 Å². The first-order valence-corrected chi connectivity index (χ1v) is 10.4. The Labute approximate surface area is 177 Å². The minimum Gasteiger partial charge on any atom is -0.497 e. The lowest BCUT2D eigenvalue weighted by Gasteiger charge is -2.21. The Hall–Kier alpha value is -3.12. The number of carbonyl (C=O) groups excluding carboxylic acids is 1. The third-order valence-corrected chi connectivity index (χ3v) is 5.55. The first-order valence-electron chi connectivity index (χ1n) is 10.4. The summed E-state index contributed by atoms with van der Waals surface area (Å²) in [5.41, 5.74) is 3.70. The first-order chi connectivity index (χ1) is 14.6. The van der Waals surface area contributed by atoms with Gasteiger partial charge in [-0.2, -0.15) is 5.10 Å². The molecule has 0 unspecified atom stereocenters. The van der Waals surface area contributed by atoms with Crippen LogP contribution in [0.3, 0.4) is 0 Å². The molecule has 1 aliphatic heterocycles. The maximum Gasteiger partial charge on any atom is 0.274 e. The lowest BCUT2D eigenvalue weighted by Crippen LogP contribution is -2.35. The molecule has 1 aliphatic rings. The van der Waals surface area contributed by atoms with Crippen molar-refractivity contribution in [1.82, 2.24) is 19.6 Å². The van der Waals surface area contributed by atoms with Gasteiger partial charge in [0, 0.05) is 38.4 Å². The van der Waals surface area contributed by atoms with Gasteiger partial charge in [-0.25, -0.2) is 4.68 Å². The standard InChI is InChI=1S/C24H28N4O2/c1-19-17-23(25-28(19)21-7-4-3-5-8-21)24(29)27-14-6-13-26(15-16-27)18-20-9-11-22(30-2)12-10-20/h3-5,7-12,17H,6,13-16,18H2,1-2H3. The average Bonchev–Trinajstić information content (AvgIpc) is 3.02. The van der Waals surface area contributed by atoms with Crippen molar-refractivity contribution >= 4 is 5.91 Å². The summed E-state index contributed by atoms with van der Waals surface area (Å²) in [5.74, 6) is 0.885. The van der Waals surface area contributed by atoms with Crippen molar-refractivity contribution in [1.29, 1.82) is 0 Å². The zero-order valence-electron chi connectivity index (χ0n) is 17.6. The molecule has 1 saturated heterocycles. The van der Waals surface area contributed by atoms with Gasteiger partial charge in [-0.3, -0.25) is 9.69 Å². The van der Waals surface area contributed by atoms with E-state index in [2.05, 4.69) is 22.1 Å². The molecule has 2 aromatic carbocycles. The molecule has 6 nitrogen and oxygen atoms in total. The highest BCUT2D eigenvalue weighted by atomic mass is 16.5. The normalized spacial score (nSPS) is 15.1. The van der Waals surface area contributed by atoms with Crippen LogP contribution >= 0.6 is 0 Å². The van der Waals surface area contributed by atoms with Gasteiger partial charge in [0.2, 0.25) is 0 Å². The van der Waals surface area contributed by atoms with Crippen LogP contribution in [0.2, 0.25) is 0 Å². The van der Waals surface area contributed by atoms with Crippen molar-refractivity contribution < 1.29 is 9.53 Å². The summed E-state index contributed by atoms with van der Waals surface area (Å²) >= 11 is 0. The average molecular weight is 405 g/mol. The van der Waals surface area contributed by atoms with Gasteiger partial charge in [0.25, 0.3) is 5.91 Å². The van der Waals surface area contributed by atoms with Crippen LogP contribution in [0.1, 0.15) is 28.2 Å². The van der Waals surface area contributed by atoms with Crippen LogP contribution in [0.4, 0.5) is 0 Å². The molecule has 1 amide bonds. The fraction of sp³-hybridized carbons (Fsp3) is 0.333. The van der Waals surface area contributed by atoms with Crippen LogP contribution < -0.4 is 4.74 Å².